The molecule has 0 aromatic heterocycles. The third-order valence-corrected chi connectivity index (χ3v) is 2.06. The molecular weight excluding hydrogens is 176 g/mol. The minimum absolute atomic E-state index is 0.127. The highest BCUT2D eigenvalue weighted by Gasteiger charge is 2.10. The number of carbonyl (C=O) groups excluding carboxylic acids is 1. The molecule has 3 heteroatoms. The van der Waals surface area contributed by atoms with E-state index in [1.165, 1.54) is 0 Å². The summed E-state index contributed by atoms with van der Waals surface area (Å²) in [5, 5.41) is 2.77. The van der Waals surface area contributed by atoms with Crippen molar-refractivity contribution < 1.29 is 4.79 Å². The molecule has 0 aliphatic rings. The van der Waals surface area contributed by atoms with E-state index in [1.807, 2.05) is 38.1 Å². The van der Waals surface area contributed by atoms with Crippen molar-refractivity contribution in [3.8, 4) is 0 Å². The van der Waals surface area contributed by atoms with Gasteiger partial charge in [-0.3, -0.25) is 4.79 Å². The Morgan fingerprint density at radius 2 is 2.29 bits per heavy atom. The molecule has 0 spiro atoms. The fourth-order valence-corrected chi connectivity index (χ4v) is 1.14. The highest BCUT2D eigenvalue weighted by molar-refractivity contribution is 5.94. The van der Waals surface area contributed by atoms with E-state index in [-0.39, 0.29) is 5.91 Å². The summed E-state index contributed by atoms with van der Waals surface area (Å²) in [5.74, 6) is -0.127. The third-order valence-electron chi connectivity index (χ3n) is 2.06. The predicted octanol–water partition coefficient (Wildman–Crippen LogP) is 1.67. The van der Waals surface area contributed by atoms with Gasteiger partial charge in [0.2, 0.25) is 5.91 Å². The normalized spacial score (nSPS) is 12.2. The number of amides is 1. The van der Waals surface area contributed by atoms with Crippen LogP contribution in [0.2, 0.25) is 0 Å². The molecule has 0 fully saturated rings. The molecule has 76 valence electrons. The SMILES string of the molecule is CC[C@@H](N)C(=O)Nc1cccc(C)c1. The lowest BCUT2D eigenvalue weighted by molar-refractivity contribution is -0.117. The number of hydrogen-bond donors (Lipinski definition) is 2. The molecule has 1 aromatic carbocycles. The summed E-state index contributed by atoms with van der Waals surface area (Å²) in [6.07, 6.45) is 0.650. The van der Waals surface area contributed by atoms with Crippen molar-refractivity contribution in [2.75, 3.05) is 5.32 Å². The van der Waals surface area contributed by atoms with Crippen molar-refractivity contribution in [3.63, 3.8) is 0 Å². The molecule has 0 heterocycles. The summed E-state index contributed by atoms with van der Waals surface area (Å²) in [7, 11) is 0. The van der Waals surface area contributed by atoms with E-state index in [9.17, 15) is 4.79 Å². The molecule has 0 radical (unpaired) electrons. The number of aryl methyl sites for hydroxylation is 1. The molecule has 3 N–H and O–H groups in total. The zero-order chi connectivity index (χ0) is 10.6. The summed E-state index contributed by atoms with van der Waals surface area (Å²) in [6, 6.07) is 7.24. The van der Waals surface area contributed by atoms with Crippen LogP contribution in [-0.2, 0) is 4.79 Å². The maximum absolute atomic E-state index is 11.4. The first-order valence-electron chi connectivity index (χ1n) is 4.76. The van der Waals surface area contributed by atoms with Crippen molar-refractivity contribution in [2.45, 2.75) is 26.3 Å². The molecule has 14 heavy (non-hydrogen) atoms. The zero-order valence-electron chi connectivity index (χ0n) is 8.58. The molecule has 0 saturated carbocycles. The summed E-state index contributed by atoms with van der Waals surface area (Å²) in [4.78, 5) is 11.4. The lowest BCUT2D eigenvalue weighted by Crippen LogP contribution is -2.34. The van der Waals surface area contributed by atoms with Gasteiger partial charge in [-0.2, -0.15) is 0 Å². The van der Waals surface area contributed by atoms with Gasteiger partial charge in [0, 0.05) is 5.69 Å². The fraction of sp³-hybridized carbons (Fsp3) is 0.364. The summed E-state index contributed by atoms with van der Waals surface area (Å²) in [5.41, 5.74) is 7.51. The molecule has 0 unspecified atom stereocenters. The second kappa shape index (κ2) is 4.77. The van der Waals surface area contributed by atoms with Crippen LogP contribution < -0.4 is 11.1 Å². The van der Waals surface area contributed by atoms with Crippen LogP contribution in [0.25, 0.3) is 0 Å². The summed E-state index contributed by atoms with van der Waals surface area (Å²) < 4.78 is 0. The number of nitrogens with one attached hydrogen (secondary N) is 1. The predicted molar refractivity (Wildman–Crippen MR) is 58.1 cm³/mol. The van der Waals surface area contributed by atoms with Gasteiger partial charge in [-0.05, 0) is 31.0 Å². The Morgan fingerprint density at radius 1 is 1.57 bits per heavy atom. The first-order chi connectivity index (χ1) is 6.63. The van der Waals surface area contributed by atoms with Crippen molar-refractivity contribution in [3.05, 3.63) is 29.8 Å². The molecule has 0 aliphatic heterocycles. The van der Waals surface area contributed by atoms with Gasteiger partial charge in [0.25, 0.3) is 0 Å². The van der Waals surface area contributed by atoms with E-state index in [1.54, 1.807) is 0 Å². The summed E-state index contributed by atoms with van der Waals surface area (Å²) in [6.45, 7) is 3.87. The Bertz CT molecular complexity index is 323. The van der Waals surface area contributed by atoms with Crippen LogP contribution in [0.3, 0.4) is 0 Å². The van der Waals surface area contributed by atoms with Crippen molar-refractivity contribution in [1.82, 2.24) is 0 Å². The molecule has 3 nitrogen and oxygen atoms in total. The number of hydrogen-bond acceptors (Lipinski definition) is 2. The van der Waals surface area contributed by atoms with Gasteiger partial charge in [-0.1, -0.05) is 19.1 Å². The molecule has 0 saturated heterocycles. The molecule has 0 bridgehead atoms. The number of benzene rings is 1. The quantitative estimate of drug-likeness (QED) is 0.765. The Balaban J connectivity index is 2.65. The smallest absolute Gasteiger partial charge is 0.241 e. The molecule has 0 aliphatic carbocycles. The fourth-order valence-electron chi connectivity index (χ4n) is 1.14. The average molecular weight is 192 g/mol. The largest absolute Gasteiger partial charge is 0.325 e. The monoisotopic (exact) mass is 192 g/mol. The van der Waals surface area contributed by atoms with Gasteiger partial charge >= 0.3 is 0 Å². The van der Waals surface area contributed by atoms with E-state index in [0.29, 0.717) is 6.42 Å². The van der Waals surface area contributed by atoms with E-state index < -0.39 is 6.04 Å². The Labute approximate surface area is 84.3 Å². The highest BCUT2D eigenvalue weighted by Crippen LogP contribution is 2.09. The van der Waals surface area contributed by atoms with Gasteiger partial charge in [0.1, 0.15) is 0 Å². The zero-order valence-corrected chi connectivity index (χ0v) is 8.58. The number of nitrogens with two attached hydrogens (primary N) is 1. The van der Waals surface area contributed by atoms with Gasteiger partial charge in [0.05, 0.1) is 6.04 Å². The van der Waals surface area contributed by atoms with E-state index in [2.05, 4.69) is 5.32 Å². The first-order valence-corrected chi connectivity index (χ1v) is 4.76. The Morgan fingerprint density at radius 3 is 2.86 bits per heavy atom. The van der Waals surface area contributed by atoms with Crippen LogP contribution in [0.4, 0.5) is 5.69 Å². The van der Waals surface area contributed by atoms with E-state index in [4.69, 9.17) is 5.73 Å². The van der Waals surface area contributed by atoms with E-state index in [0.717, 1.165) is 11.3 Å². The lowest BCUT2D eigenvalue weighted by atomic mass is 10.2. The van der Waals surface area contributed by atoms with Crippen LogP contribution in [0.5, 0.6) is 0 Å². The Hall–Kier alpha value is -1.35. The second-order valence-corrected chi connectivity index (χ2v) is 3.37. The molecule has 1 rings (SSSR count). The van der Waals surface area contributed by atoms with Crippen molar-refractivity contribution in [2.24, 2.45) is 5.73 Å². The average Bonchev–Trinajstić information content (AvgIpc) is 2.16. The topological polar surface area (TPSA) is 55.1 Å². The van der Waals surface area contributed by atoms with Crippen LogP contribution in [0.15, 0.2) is 24.3 Å². The summed E-state index contributed by atoms with van der Waals surface area (Å²) >= 11 is 0. The molecule has 1 amide bonds. The van der Waals surface area contributed by atoms with Crippen LogP contribution in [0, 0.1) is 6.92 Å². The van der Waals surface area contributed by atoms with E-state index >= 15 is 0 Å². The van der Waals surface area contributed by atoms with Crippen molar-refractivity contribution in [1.29, 1.82) is 0 Å². The maximum Gasteiger partial charge on any atom is 0.241 e. The number of rotatable bonds is 3. The third kappa shape index (κ3) is 2.85. The molecule has 1 atom stereocenters. The maximum atomic E-state index is 11.4. The van der Waals surface area contributed by atoms with Crippen LogP contribution in [0.1, 0.15) is 18.9 Å². The van der Waals surface area contributed by atoms with Gasteiger partial charge < -0.3 is 11.1 Å². The van der Waals surface area contributed by atoms with Gasteiger partial charge in [-0.25, -0.2) is 0 Å². The minimum Gasteiger partial charge on any atom is -0.325 e. The molecular formula is C11H16N2O. The first kappa shape index (κ1) is 10.7. The Kier molecular flexibility index (Phi) is 3.65. The van der Waals surface area contributed by atoms with Crippen molar-refractivity contribution >= 4 is 11.6 Å². The number of anilines is 1. The van der Waals surface area contributed by atoms with Gasteiger partial charge in [-0.15, -0.1) is 0 Å². The minimum atomic E-state index is -0.421. The lowest BCUT2D eigenvalue weighted by Gasteiger charge is -2.10. The number of carbonyl (C=O) groups is 1. The van der Waals surface area contributed by atoms with Crippen LogP contribution in [-0.4, -0.2) is 11.9 Å². The van der Waals surface area contributed by atoms with Gasteiger partial charge in [0.15, 0.2) is 0 Å². The highest BCUT2D eigenvalue weighted by atomic mass is 16.2. The standard InChI is InChI=1S/C11H16N2O/c1-3-10(12)11(14)13-9-6-4-5-8(2)7-9/h4-7,10H,3,12H2,1-2H3,(H,13,14)/t10-/m1/s1. The second-order valence-electron chi connectivity index (χ2n) is 3.37. The molecule has 1 aromatic rings. The van der Waals surface area contributed by atoms with Crippen LogP contribution >= 0.6 is 0 Å².